The molecule has 1 amide bonds. The first-order valence-corrected chi connectivity index (χ1v) is 7.94. The number of benzene rings is 1. The van der Waals surface area contributed by atoms with Gasteiger partial charge in [-0.3, -0.25) is 14.4 Å². The first kappa shape index (κ1) is 17.8. The number of carbonyl (C=O) groups excluding carboxylic acids is 2. The fourth-order valence-corrected chi connectivity index (χ4v) is 2.70. The number of anilines is 1. The molecule has 0 aromatic heterocycles. The molecule has 7 nitrogen and oxygen atoms in total. The van der Waals surface area contributed by atoms with E-state index in [4.69, 9.17) is 9.84 Å². The van der Waals surface area contributed by atoms with Gasteiger partial charge in [-0.1, -0.05) is 12.1 Å². The predicted octanol–water partition coefficient (Wildman–Crippen LogP) is 1.63. The molecule has 1 aromatic carbocycles. The van der Waals surface area contributed by atoms with Gasteiger partial charge in [0.05, 0.1) is 26.0 Å². The van der Waals surface area contributed by atoms with E-state index in [1.165, 1.54) is 7.11 Å². The molecule has 130 valence electrons. The fraction of sp³-hybridized carbons (Fsp3) is 0.471. The molecular formula is C17H22N2O5. The minimum Gasteiger partial charge on any atom is -0.481 e. The van der Waals surface area contributed by atoms with Crippen LogP contribution in [0.3, 0.4) is 0 Å². The molecule has 1 heterocycles. The molecule has 0 aliphatic carbocycles. The Morgan fingerprint density at radius 2 is 2.12 bits per heavy atom. The Morgan fingerprint density at radius 3 is 2.83 bits per heavy atom. The van der Waals surface area contributed by atoms with E-state index in [9.17, 15) is 14.4 Å². The normalized spacial score (nSPS) is 14.0. The summed E-state index contributed by atoms with van der Waals surface area (Å²) >= 11 is 0. The van der Waals surface area contributed by atoms with Crippen LogP contribution in [-0.4, -0.2) is 36.6 Å². The third-order valence-corrected chi connectivity index (χ3v) is 3.97. The van der Waals surface area contributed by atoms with Crippen molar-refractivity contribution in [3.8, 4) is 0 Å². The van der Waals surface area contributed by atoms with Gasteiger partial charge in [0.15, 0.2) is 0 Å². The minimum absolute atomic E-state index is 0.00151. The molecule has 3 N–H and O–H groups in total. The number of hydrogen-bond acceptors (Lipinski definition) is 5. The van der Waals surface area contributed by atoms with Crippen molar-refractivity contribution in [2.75, 3.05) is 19.0 Å². The lowest BCUT2D eigenvalue weighted by atomic mass is 9.96. The fourth-order valence-electron chi connectivity index (χ4n) is 2.70. The van der Waals surface area contributed by atoms with Crippen LogP contribution in [-0.2, 0) is 25.5 Å². The zero-order valence-electron chi connectivity index (χ0n) is 13.6. The number of carboxylic acid groups (broad SMARTS) is 1. The Labute approximate surface area is 140 Å². The maximum Gasteiger partial charge on any atom is 0.307 e. The summed E-state index contributed by atoms with van der Waals surface area (Å²) in [5.74, 6) is -1.87. The lowest BCUT2D eigenvalue weighted by Gasteiger charge is -2.22. The molecule has 0 bridgehead atoms. The van der Waals surface area contributed by atoms with Crippen molar-refractivity contribution >= 4 is 23.5 Å². The Balaban J connectivity index is 2.14. The van der Waals surface area contributed by atoms with Crippen LogP contribution in [0.1, 0.15) is 42.9 Å². The molecule has 0 saturated heterocycles. The van der Waals surface area contributed by atoms with Gasteiger partial charge in [-0.15, -0.1) is 0 Å². The molecule has 1 atom stereocenters. The van der Waals surface area contributed by atoms with Crippen molar-refractivity contribution in [1.29, 1.82) is 0 Å². The average Bonchev–Trinajstić information content (AvgIpc) is 2.58. The summed E-state index contributed by atoms with van der Waals surface area (Å²) in [5, 5.41) is 14.7. The maximum absolute atomic E-state index is 12.0. The summed E-state index contributed by atoms with van der Waals surface area (Å²) < 4.78 is 4.70. The standard InChI is InChI=1S/C17H22N2O5/c1-24-17(23)10-14(19-15(20)6-7-16(21)22)12-4-5-13-11(9-12)3-2-8-18-13/h4-5,9,14,18H,2-3,6-8,10H2,1H3,(H,19,20)(H,21,22). The number of carbonyl (C=O) groups is 3. The zero-order valence-corrected chi connectivity index (χ0v) is 13.6. The van der Waals surface area contributed by atoms with Crippen LogP contribution in [0.25, 0.3) is 0 Å². The molecule has 2 rings (SSSR count). The number of hydrogen-bond donors (Lipinski definition) is 3. The Bertz CT molecular complexity index is 629. The van der Waals surface area contributed by atoms with E-state index >= 15 is 0 Å². The van der Waals surface area contributed by atoms with Gasteiger partial charge in [0.2, 0.25) is 5.91 Å². The van der Waals surface area contributed by atoms with Crippen molar-refractivity contribution in [3.05, 3.63) is 29.3 Å². The number of aliphatic carboxylic acids is 1. The summed E-state index contributed by atoms with van der Waals surface area (Å²) in [6, 6.07) is 5.25. The summed E-state index contributed by atoms with van der Waals surface area (Å²) in [7, 11) is 1.29. The molecule has 7 heteroatoms. The second-order valence-corrected chi connectivity index (χ2v) is 5.74. The van der Waals surface area contributed by atoms with Crippen molar-refractivity contribution in [1.82, 2.24) is 5.32 Å². The Morgan fingerprint density at radius 1 is 1.33 bits per heavy atom. The molecule has 1 unspecified atom stereocenters. The SMILES string of the molecule is COC(=O)CC(NC(=O)CCC(=O)O)c1ccc2c(c1)CCCN2. The number of amides is 1. The van der Waals surface area contributed by atoms with Crippen LogP contribution >= 0.6 is 0 Å². The van der Waals surface area contributed by atoms with Gasteiger partial charge >= 0.3 is 11.9 Å². The molecule has 24 heavy (non-hydrogen) atoms. The van der Waals surface area contributed by atoms with Crippen LogP contribution in [0.4, 0.5) is 5.69 Å². The van der Waals surface area contributed by atoms with Gasteiger partial charge in [0, 0.05) is 18.7 Å². The topological polar surface area (TPSA) is 105 Å². The highest BCUT2D eigenvalue weighted by Crippen LogP contribution is 2.27. The van der Waals surface area contributed by atoms with Gasteiger partial charge in [0.1, 0.15) is 0 Å². The van der Waals surface area contributed by atoms with E-state index in [-0.39, 0.29) is 19.3 Å². The molecule has 0 fully saturated rings. The second kappa shape index (κ2) is 8.33. The summed E-state index contributed by atoms with van der Waals surface area (Å²) in [6.07, 6.45) is 1.60. The van der Waals surface area contributed by atoms with Crippen LogP contribution in [0.5, 0.6) is 0 Å². The van der Waals surface area contributed by atoms with Gasteiger partial charge < -0.3 is 20.5 Å². The van der Waals surface area contributed by atoms with Gasteiger partial charge in [0.25, 0.3) is 0 Å². The quantitative estimate of drug-likeness (QED) is 0.655. The van der Waals surface area contributed by atoms with Crippen LogP contribution in [0.2, 0.25) is 0 Å². The Hall–Kier alpha value is -2.57. The molecule has 1 aliphatic rings. The molecule has 1 aromatic rings. The van der Waals surface area contributed by atoms with E-state index in [2.05, 4.69) is 10.6 Å². The number of esters is 1. The van der Waals surface area contributed by atoms with Crippen molar-refractivity contribution in [2.24, 2.45) is 0 Å². The molecular weight excluding hydrogens is 312 g/mol. The van der Waals surface area contributed by atoms with Crippen molar-refractivity contribution in [2.45, 2.75) is 38.1 Å². The third kappa shape index (κ3) is 4.97. The predicted molar refractivity (Wildman–Crippen MR) is 87.6 cm³/mol. The number of ether oxygens (including phenoxy) is 1. The lowest BCUT2D eigenvalue weighted by Crippen LogP contribution is -2.31. The maximum atomic E-state index is 12.0. The van der Waals surface area contributed by atoms with E-state index < -0.39 is 23.9 Å². The van der Waals surface area contributed by atoms with Crippen LogP contribution < -0.4 is 10.6 Å². The molecule has 1 aliphatic heterocycles. The largest absolute Gasteiger partial charge is 0.481 e. The van der Waals surface area contributed by atoms with Gasteiger partial charge in [-0.05, 0) is 30.0 Å². The number of carboxylic acids is 1. The molecule has 0 radical (unpaired) electrons. The van der Waals surface area contributed by atoms with Crippen molar-refractivity contribution in [3.63, 3.8) is 0 Å². The number of nitrogens with one attached hydrogen (secondary N) is 2. The minimum atomic E-state index is -1.03. The van der Waals surface area contributed by atoms with Gasteiger partial charge in [-0.2, -0.15) is 0 Å². The molecule has 0 saturated carbocycles. The van der Waals surface area contributed by atoms with E-state index in [1.807, 2.05) is 18.2 Å². The Kier molecular flexibility index (Phi) is 6.17. The summed E-state index contributed by atoms with van der Waals surface area (Å²) in [6.45, 7) is 0.934. The number of fused-ring (bicyclic) bond motifs is 1. The van der Waals surface area contributed by atoms with Gasteiger partial charge in [-0.25, -0.2) is 0 Å². The number of methoxy groups -OCH3 is 1. The van der Waals surface area contributed by atoms with Crippen LogP contribution in [0.15, 0.2) is 18.2 Å². The first-order valence-electron chi connectivity index (χ1n) is 7.94. The number of aryl methyl sites for hydroxylation is 1. The van der Waals surface area contributed by atoms with E-state index in [1.54, 1.807) is 0 Å². The highest BCUT2D eigenvalue weighted by molar-refractivity contribution is 5.81. The first-order chi connectivity index (χ1) is 11.5. The number of rotatable bonds is 7. The second-order valence-electron chi connectivity index (χ2n) is 5.74. The third-order valence-electron chi connectivity index (χ3n) is 3.97. The smallest absolute Gasteiger partial charge is 0.307 e. The van der Waals surface area contributed by atoms with Crippen molar-refractivity contribution < 1.29 is 24.2 Å². The zero-order chi connectivity index (χ0) is 17.5. The van der Waals surface area contributed by atoms with E-state index in [0.29, 0.717) is 0 Å². The molecule has 0 spiro atoms. The van der Waals surface area contributed by atoms with Crippen LogP contribution in [0, 0.1) is 0 Å². The monoisotopic (exact) mass is 334 g/mol. The van der Waals surface area contributed by atoms with E-state index in [0.717, 1.165) is 36.2 Å². The summed E-state index contributed by atoms with van der Waals surface area (Å²) in [5.41, 5.74) is 3.03. The highest BCUT2D eigenvalue weighted by Gasteiger charge is 2.21. The highest BCUT2D eigenvalue weighted by atomic mass is 16.5. The average molecular weight is 334 g/mol. The lowest BCUT2D eigenvalue weighted by molar-refractivity contribution is -0.142. The summed E-state index contributed by atoms with van der Waals surface area (Å²) in [4.78, 5) is 34.2.